The number of rotatable bonds is 4. The first-order valence-electron chi connectivity index (χ1n) is 2.90. The monoisotopic (exact) mass is 198 g/mol. The maximum absolute atomic E-state index is 10.1. The number of thiocarbonyl (C=S) groups is 1. The summed E-state index contributed by atoms with van der Waals surface area (Å²) in [7, 11) is -3.85. The molecule has 0 aliphatic carbocycles. The van der Waals surface area contributed by atoms with Crippen LogP contribution < -0.4 is 11.1 Å². The summed E-state index contributed by atoms with van der Waals surface area (Å²) in [6.07, 6.45) is 0.288. The van der Waals surface area contributed by atoms with E-state index in [0.717, 1.165) is 0 Å². The third-order valence-corrected chi connectivity index (χ3v) is 1.83. The summed E-state index contributed by atoms with van der Waals surface area (Å²) in [6, 6.07) is 0. The highest BCUT2D eigenvalue weighted by Crippen LogP contribution is 1.85. The Bertz CT molecular complexity index is 223. The SMILES string of the molecule is NC(=S)NCCCS(=O)(=O)O. The highest BCUT2D eigenvalue weighted by Gasteiger charge is 2.02. The van der Waals surface area contributed by atoms with E-state index in [9.17, 15) is 8.42 Å². The summed E-state index contributed by atoms with van der Waals surface area (Å²) in [5, 5.41) is 2.68. The standard InChI is InChI=1S/C4H10N2O3S2/c5-4(10)6-2-1-3-11(7,8)9/h1-3H2,(H3,5,6,10)(H,7,8,9). The molecule has 0 unspecified atom stereocenters. The van der Waals surface area contributed by atoms with Crippen molar-refractivity contribution in [3.05, 3.63) is 0 Å². The van der Waals surface area contributed by atoms with Gasteiger partial charge >= 0.3 is 0 Å². The molecule has 0 saturated carbocycles. The predicted octanol–water partition coefficient (Wildman–Crippen LogP) is -0.902. The number of nitrogens with two attached hydrogens (primary N) is 1. The Morgan fingerprint density at radius 1 is 1.64 bits per heavy atom. The largest absolute Gasteiger partial charge is 0.376 e. The first-order chi connectivity index (χ1) is 4.92. The quantitative estimate of drug-likeness (QED) is 0.308. The fourth-order valence-electron chi connectivity index (χ4n) is 0.466. The van der Waals surface area contributed by atoms with Gasteiger partial charge in [-0.15, -0.1) is 0 Å². The van der Waals surface area contributed by atoms with E-state index >= 15 is 0 Å². The van der Waals surface area contributed by atoms with E-state index in [-0.39, 0.29) is 17.3 Å². The van der Waals surface area contributed by atoms with Gasteiger partial charge in [0.2, 0.25) is 0 Å². The minimum absolute atomic E-state index is 0.125. The minimum Gasteiger partial charge on any atom is -0.376 e. The van der Waals surface area contributed by atoms with E-state index < -0.39 is 10.1 Å². The van der Waals surface area contributed by atoms with Crippen LogP contribution in [0.25, 0.3) is 0 Å². The van der Waals surface area contributed by atoms with Crippen molar-refractivity contribution in [3.8, 4) is 0 Å². The lowest BCUT2D eigenvalue weighted by molar-refractivity contribution is 0.481. The van der Waals surface area contributed by atoms with Gasteiger partial charge in [-0.25, -0.2) is 0 Å². The Morgan fingerprint density at radius 3 is 2.55 bits per heavy atom. The lowest BCUT2D eigenvalue weighted by atomic mass is 10.5. The molecule has 7 heteroatoms. The smallest absolute Gasteiger partial charge is 0.264 e. The molecule has 0 aliphatic rings. The minimum atomic E-state index is -3.85. The number of hydrogen-bond donors (Lipinski definition) is 3. The third kappa shape index (κ3) is 9.60. The first kappa shape index (κ1) is 10.6. The Morgan fingerprint density at radius 2 is 2.18 bits per heavy atom. The molecule has 0 aliphatic heterocycles. The van der Waals surface area contributed by atoms with Crippen molar-refractivity contribution in [3.63, 3.8) is 0 Å². The summed E-state index contributed by atoms with van der Waals surface area (Å²) in [5.41, 5.74) is 5.05. The summed E-state index contributed by atoms with van der Waals surface area (Å²) in [6.45, 7) is 0.356. The Hall–Kier alpha value is -0.400. The van der Waals surface area contributed by atoms with Crippen molar-refractivity contribution >= 4 is 27.4 Å². The first-order valence-corrected chi connectivity index (χ1v) is 4.92. The zero-order valence-corrected chi connectivity index (χ0v) is 7.41. The zero-order valence-electron chi connectivity index (χ0n) is 5.78. The molecule has 0 aromatic rings. The molecule has 0 saturated heterocycles. The van der Waals surface area contributed by atoms with E-state index in [4.69, 9.17) is 10.3 Å². The second-order valence-corrected chi connectivity index (χ2v) is 3.94. The summed E-state index contributed by atoms with van der Waals surface area (Å²) >= 11 is 4.46. The van der Waals surface area contributed by atoms with Gasteiger partial charge in [0, 0.05) is 6.54 Å². The molecule has 0 bridgehead atoms. The van der Waals surface area contributed by atoms with Crippen LogP contribution in [0.15, 0.2) is 0 Å². The van der Waals surface area contributed by atoms with Gasteiger partial charge in [-0.3, -0.25) is 4.55 Å². The maximum Gasteiger partial charge on any atom is 0.264 e. The molecule has 0 spiro atoms. The van der Waals surface area contributed by atoms with Gasteiger partial charge in [-0.2, -0.15) is 8.42 Å². The molecule has 66 valence electrons. The summed E-state index contributed by atoms with van der Waals surface area (Å²) in [4.78, 5) is 0. The molecular weight excluding hydrogens is 188 g/mol. The van der Waals surface area contributed by atoms with Crippen molar-refractivity contribution in [1.29, 1.82) is 0 Å². The molecule has 0 rings (SSSR count). The Kier molecular flexibility index (Phi) is 4.31. The van der Waals surface area contributed by atoms with Gasteiger partial charge in [0.15, 0.2) is 5.11 Å². The van der Waals surface area contributed by atoms with Gasteiger partial charge in [0.1, 0.15) is 0 Å². The van der Waals surface area contributed by atoms with E-state index in [1.165, 1.54) is 0 Å². The fraction of sp³-hybridized carbons (Fsp3) is 0.750. The van der Waals surface area contributed by atoms with E-state index in [0.29, 0.717) is 6.54 Å². The molecule has 0 heterocycles. The van der Waals surface area contributed by atoms with Crippen LogP contribution in [-0.4, -0.2) is 30.4 Å². The molecule has 11 heavy (non-hydrogen) atoms. The molecule has 0 amide bonds. The highest BCUT2D eigenvalue weighted by molar-refractivity contribution is 7.85. The van der Waals surface area contributed by atoms with E-state index in [1.807, 2.05) is 0 Å². The van der Waals surface area contributed by atoms with Crippen molar-refractivity contribution in [1.82, 2.24) is 5.32 Å². The average Bonchev–Trinajstić information content (AvgIpc) is 1.78. The van der Waals surface area contributed by atoms with Crippen LogP contribution in [0.2, 0.25) is 0 Å². The van der Waals surface area contributed by atoms with Gasteiger partial charge in [0.05, 0.1) is 5.75 Å². The molecule has 0 atom stereocenters. The van der Waals surface area contributed by atoms with Crippen LogP contribution in [0.5, 0.6) is 0 Å². The molecule has 0 fully saturated rings. The highest BCUT2D eigenvalue weighted by atomic mass is 32.2. The second kappa shape index (κ2) is 4.47. The second-order valence-electron chi connectivity index (χ2n) is 1.93. The van der Waals surface area contributed by atoms with Crippen molar-refractivity contribution in [2.24, 2.45) is 5.73 Å². The van der Waals surface area contributed by atoms with Gasteiger partial charge in [-0.05, 0) is 18.6 Å². The molecule has 4 N–H and O–H groups in total. The fourth-order valence-corrected chi connectivity index (χ4v) is 1.08. The topological polar surface area (TPSA) is 92.4 Å². The lowest BCUT2D eigenvalue weighted by Crippen LogP contribution is -2.30. The Labute approximate surface area is 70.7 Å². The van der Waals surface area contributed by atoms with Crippen LogP contribution in [0.1, 0.15) is 6.42 Å². The molecular formula is C4H10N2O3S2. The van der Waals surface area contributed by atoms with E-state index in [1.54, 1.807) is 0 Å². The molecule has 0 aromatic carbocycles. The maximum atomic E-state index is 10.1. The predicted molar refractivity (Wildman–Crippen MR) is 45.8 cm³/mol. The van der Waals surface area contributed by atoms with Crippen molar-refractivity contribution < 1.29 is 13.0 Å². The van der Waals surface area contributed by atoms with Crippen molar-refractivity contribution in [2.45, 2.75) is 6.42 Å². The molecule has 0 aromatic heterocycles. The summed E-state index contributed by atoms with van der Waals surface area (Å²) in [5.74, 6) is -0.275. The van der Waals surface area contributed by atoms with Crippen LogP contribution in [-0.2, 0) is 10.1 Å². The van der Waals surface area contributed by atoms with Crippen molar-refractivity contribution in [2.75, 3.05) is 12.3 Å². The van der Waals surface area contributed by atoms with Crippen LogP contribution in [0, 0.1) is 0 Å². The molecule has 0 radical (unpaired) electrons. The van der Waals surface area contributed by atoms with Gasteiger partial charge < -0.3 is 11.1 Å². The zero-order chi connectivity index (χ0) is 8.91. The lowest BCUT2D eigenvalue weighted by Gasteiger charge is -2.00. The van der Waals surface area contributed by atoms with Crippen LogP contribution in [0.3, 0.4) is 0 Å². The summed E-state index contributed by atoms with van der Waals surface area (Å²) < 4.78 is 28.5. The Balaban J connectivity index is 3.37. The van der Waals surface area contributed by atoms with Crippen LogP contribution >= 0.6 is 12.2 Å². The average molecular weight is 198 g/mol. The number of nitrogens with one attached hydrogen (secondary N) is 1. The molecule has 5 nitrogen and oxygen atoms in total. The van der Waals surface area contributed by atoms with Gasteiger partial charge in [-0.1, -0.05) is 0 Å². The van der Waals surface area contributed by atoms with E-state index in [2.05, 4.69) is 17.5 Å². The number of hydrogen-bond acceptors (Lipinski definition) is 3. The third-order valence-electron chi connectivity index (χ3n) is 0.878. The van der Waals surface area contributed by atoms with Crippen LogP contribution in [0.4, 0.5) is 0 Å². The van der Waals surface area contributed by atoms with Gasteiger partial charge in [0.25, 0.3) is 10.1 Å². The normalized spacial score (nSPS) is 11.0.